The average molecular weight is 229 g/mol. The fourth-order valence-electron chi connectivity index (χ4n) is 1.65. The van der Waals surface area contributed by atoms with Crippen LogP contribution >= 0.6 is 11.6 Å². The number of halogens is 1. The molecule has 0 fully saturated rings. The summed E-state index contributed by atoms with van der Waals surface area (Å²) in [6.07, 6.45) is 0. The van der Waals surface area contributed by atoms with E-state index in [9.17, 15) is 4.79 Å². The Morgan fingerprint density at radius 1 is 1.20 bits per heavy atom. The predicted molar refractivity (Wildman–Crippen MR) is 59.2 cm³/mol. The van der Waals surface area contributed by atoms with Crippen LogP contribution in [0.5, 0.6) is 5.75 Å². The first-order valence-corrected chi connectivity index (χ1v) is 4.86. The molecule has 0 heterocycles. The van der Waals surface area contributed by atoms with Crippen LogP contribution in [-0.2, 0) is 0 Å². The van der Waals surface area contributed by atoms with E-state index < -0.39 is 5.97 Å². The molecule has 0 aliphatic heterocycles. The van der Waals surface area contributed by atoms with Gasteiger partial charge < -0.3 is 9.84 Å². The molecule has 0 spiro atoms. The average Bonchev–Trinajstić information content (AvgIpc) is 2.16. The second kappa shape index (κ2) is 4.11. The van der Waals surface area contributed by atoms with Crippen molar-refractivity contribution < 1.29 is 14.6 Å². The Morgan fingerprint density at radius 2 is 1.73 bits per heavy atom. The quantitative estimate of drug-likeness (QED) is 0.847. The Kier molecular flexibility index (Phi) is 3.25. The lowest BCUT2D eigenvalue weighted by molar-refractivity contribution is 0.0695. The van der Waals surface area contributed by atoms with Crippen LogP contribution in [0.3, 0.4) is 0 Å². The number of hydrogen-bond acceptors (Lipinski definition) is 2. The first-order valence-electron chi connectivity index (χ1n) is 4.48. The van der Waals surface area contributed by atoms with Crippen molar-refractivity contribution in [1.29, 1.82) is 0 Å². The van der Waals surface area contributed by atoms with Crippen molar-refractivity contribution in [3.05, 3.63) is 27.3 Å². The zero-order valence-corrected chi connectivity index (χ0v) is 9.90. The van der Waals surface area contributed by atoms with Crippen molar-refractivity contribution in [3.63, 3.8) is 0 Å². The molecule has 82 valence electrons. The van der Waals surface area contributed by atoms with Crippen molar-refractivity contribution in [2.75, 3.05) is 7.11 Å². The summed E-state index contributed by atoms with van der Waals surface area (Å²) in [4.78, 5) is 11.0. The summed E-state index contributed by atoms with van der Waals surface area (Å²) in [6, 6.07) is 0. The number of benzene rings is 1. The molecule has 0 bridgehead atoms. The third-order valence-corrected chi connectivity index (χ3v) is 3.05. The Hall–Kier alpha value is -1.22. The summed E-state index contributed by atoms with van der Waals surface area (Å²) < 4.78 is 5.15. The highest BCUT2D eigenvalue weighted by Gasteiger charge is 2.20. The standard InChI is InChI=1S/C11H13ClO3/c1-5-6(2)10(15-4)9(12)7(3)8(5)11(13)14/h1-4H3,(H,13,14). The van der Waals surface area contributed by atoms with Crippen LogP contribution in [0.4, 0.5) is 0 Å². The second-order valence-corrected chi connectivity index (χ2v) is 3.78. The highest BCUT2D eigenvalue weighted by molar-refractivity contribution is 6.33. The minimum Gasteiger partial charge on any atom is -0.495 e. The fourth-order valence-corrected chi connectivity index (χ4v) is 1.96. The maximum absolute atomic E-state index is 11.0. The maximum Gasteiger partial charge on any atom is 0.336 e. The van der Waals surface area contributed by atoms with Crippen LogP contribution in [0, 0.1) is 20.8 Å². The van der Waals surface area contributed by atoms with Crippen molar-refractivity contribution >= 4 is 17.6 Å². The number of carboxylic acid groups (broad SMARTS) is 1. The van der Waals surface area contributed by atoms with E-state index in [1.807, 2.05) is 0 Å². The molecule has 1 aromatic carbocycles. The SMILES string of the molecule is COc1c(C)c(C)c(C(=O)O)c(C)c1Cl. The summed E-state index contributed by atoms with van der Waals surface area (Å²) in [5, 5.41) is 9.43. The Balaban J connectivity index is 3.66. The van der Waals surface area contributed by atoms with E-state index in [0.29, 0.717) is 21.9 Å². The predicted octanol–water partition coefficient (Wildman–Crippen LogP) is 2.97. The van der Waals surface area contributed by atoms with Gasteiger partial charge in [0.15, 0.2) is 0 Å². The number of carbonyl (C=O) groups is 1. The highest BCUT2D eigenvalue weighted by Crippen LogP contribution is 2.36. The molecule has 0 aliphatic rings. The smallest absolute Gasteiger partial charge is 0.336 e. The van der Waals surface area contributed by atoms with E-state index in [2.05, 4.69) is 0 Å². The number of carboxylic acids is 1. The second-order valence-electron chi connectivity index (χ2n) is 3.40. The first kappa shape index (κ1) is 11.9. The van der Waals surface area contributed by atoms with Gasteiger partial charge in [-0.15, -0.1) is 0 Å². The minimum atomic E-state index is -0.961. The zero-order valence-electron chi connectivity index (χ0n) is 9.14. The van der Waals surface area contributed by atoms with Crippen LogP contribution in [0.25, 0.3) is 0 Å². The van der Waals surface area contributed by atoms with E-state index in [4.69, 9.17) is 21.4 Å². The summed E-state index contributed by atoms with van der Waals surface area (Å²) in [5.41, 5.74) is 2.27. The third-order valence-electron chi connectivity index (χ3n) is 2.60. The van der Waals surface area contributed by atoms with Crippen LogP contribution in [0.1, 0.15) is 27.0 Å². The number of aromatic carboxylic acids is 1. The summed E-state index contributed by atoms with van der Waals surface area (Å²) in [6.45, 7) is 5.23. The van der Waals surface area contributed by atoms with Crippen molar-refractivity contribution in [1.82, 2.24) is 0 Å². The van der Waals surface area contributed by atoms with Gasteiger partial charge in [0.2, 0.25) is 0 Å². The molecular weight excluding hydrogens is 216 g/mol. The lowest BCUT2D eigenvalue weighted by Gasteiger charge is -2.15. The van der Waals surface area contributed by atoms with Gasteiger partial charge in [0.05, 0.1) is 17.7 Å². The van der Waals surface area contributed by atoms with Crippen LogP contribution in [-0.4, -0.2) is 18.2 Å². The van der Waals surface area contributed by atoms with Gasteiger partial charge in [-0.3, -0.25) is 0 Å². The lowest BCUT2D eigenvalue weighted by Crippen LogP contribution is -2.07. The summed E-state index contributed by atoms with van der Waals surface area (Å²) in [5.74, 6) is -0.408. The zero-order chi connectivity index (χ0) is 11.7. The van der Waals surface area contributed by atoms with Gasteiger partial charge in [-0.05, 0) is 37.5 Å². The minimum absolute atomic E-state index is 0.262. The molecule has 1 N–H and O–H groups in total. The molecule has 3 nitrogen and oxygen atoms in total. The highest BCUT2D eigenvalue weighted by atomic mass is 35.5. The third kappa shape index (κ3) is 1.79. The maximum atomic E-state index is 11.0. The molecule has 0 atom stereocenters. The molecule has 15 heavy (non-hydrogen) atoms. The van der Waals surface area contributed by atoms with E-state index in [-0.39, 0.29) is 5.56 Å². The number of ether oxygens (including phenoxy) is 1. The van der Waals surface area contributed by atoms with Gasteiger partial charge in [-0.1, -0.05) is 11.6 Å². The number of methoxy groups -OCH3 is 1. The number of hydrogen-bond donors (Lipinski definition) is 1. The van der Waals surface area contributed by atoms with Gasteiger partial charge >= 0.3 is 5.97 Å². The molecule has 0 saturated carbocycles. The van der Waals surface area contributed by atoms with Gasteiger partial charge in [0.1, 0.15) is 5.75 Å². The van der Waals surface area contributed by atoms with E-state index in [1.54, 1.807) is 20.8 Å². The molecule has 0 unspecified atom stereocenters. The summed E-state index contributed by atoms with van der Waals surface area (Å²) >= 11 is 6.03. The Bertz CT molecular complexity index is 395. The van der Waals surface area contributed by atoms with E-state index in [1.165, 1.54) is 7.11 Å². The topological polar surface area (TPSA) is 46.5 Å². The van der Waals surface area contributed by atoms with E-state index in [0.717, 1.165) is 5.56 Å². The molecule has 1 aromatic rings. The molecule has 0 radical (unpaired) electrons. The Labute approximate surface area is 93.6 Å². The van der Waals surface area contributed by atoms with Gasteiger partial charge in [-0.2, -0.15) is 0 Å². The van der Waals surface area contributed by atoms with Crippen LogP contribution in [0.15, 0.2) is 0 Å². The van der Waals surface area contributed by atoms with Crippen LogP contribution < -0.4 is 4.74 Å². The normalized spacial score (nSPS) is 10.2. The molecule has 0 saturated heterocycles. The van der Waals surface area contributed by atoms with Gasteiger partial charge in [0, 0.05) is 0 Å². The monoisotopic (exact) mass is 228 g/mol. The molecule has 0 amide bonds. The largest absolute Gasteiger partial charge is 0.495 e. The van der Waals surface area contributed by atoms with Gasteiger partial charge in [-0.25, -0.2) is 4.79 Å². The molecule has 1 rings (SSSR count). The fraction of sp³-hybridized carbons (Fsp3) is 0.364. The Morgan fingerprint density at radius 3 is 2.13 bits per heavy atom. The molecule has 0 aliphatic carbocycles. The van der Waals surface area contributed by atoms with E-state index >= 15 is 0 Å². The van der Waals surface area contributed by atoms with Crippen molar-refractivity contribution in [3.8, 4) is 5.75 Å². The van der Waals surface area contributed by atoms with Crippen molar-refractivity contribution in [2.45, 2.75) is 20.8 Å². The molecule has 4 heteroatoms. The molecule has 0 aromatic heterocycles. The van der Waals surface area contributed by atoms with Crippen molar-refractivity contribution in [2.24, 2.45) is 0 Å². The van der Waals surface area contributed by atoms with Crippen LogP contribution in [0.2, 0.25) is 5.02 Å². The first-order chi connectivity index (χ1) is 6.91. The molecular formula is C11H13ClO3. The summed E-state index contributed by atoms with van der Waals surface area (Å²) in [7, 11) is 1.52. The van der Waals surface area contributed by atoms with Gasteiger partial charge in [0.25, 0.3) is 0 Å². The number of rotatable bonds is 2. The lowest BCUT2D eigenvalue weighted by atomic mass is 9.97.